The molecule has 7 heteroatoms. The molecule has 3 aromatic carbocycles. The molecule has 1 aliphatic heterocycles. The van der Waals surface area contributed by atoms with Crippen molar-refractivity contribution in [2.24, 2.45) is 0 Å². The third kappa shape index (κ3) is 4.43. The molecule has 40 heavy (non-hydrogen) atoms. The Morgan fingerprint density at radius 3 is 2.58 bits per heavy atom. The van der Waals surface area contributed by atoms with Gasteiger partial charge in [0.2, 0.25) is 0 Å². The lowest BCUT2D eigenvalue weighted by atomic mass is 10.0. The standard InChI is InChI=1S/C33H33N5O2/c1-5-28-27-21-37(33(39)34-29-17-16-22(2)19-23(29)3)31(24-11-9-14-26(20-24)40-4)30-15-10-18-36(30)32(27)38(35-28)25-12-7-6-8-13-25/h6-20,31H,5,21H2,1-4H3,(H,34,39)/t31-/m0/s1. The van der Waals surface area contributed by atoms with Crippen LogP contribution in [0.5, 0.6) is 5.75 Å². The summed E-state index contributed by atoms with van der Waals surface area (Å²) in [5.74, 6) is 1.70. The first-order valence-corrected chi connectivity index (χ1v) is 13.6. The number of nitrogens with zero attached hydrogens (tertiary/aromatic N) is 4. The molecule has 5 aromatic rings. The van der Waals surface area contributed by atoms with Crippen LogP contribution in [0.3, 0.4) is 0 Å². The van der Waals surface area contributed by atoms with Gasteiger partial charge in [-0.2, -0.15) is 5.10 Å². The van der Waals surface area contributed by atoms with Crippen molar-refractivity contribution in [2.75, 3.05) is 12.4 Å². The van der Waals surface area contributed by atoms with Crippen molar-refractivity contribution >= 4 is 11.7 Å². The Kier molecular flexibility index (Phi) is 6.64. The molecule has 0 saturated carbocycles. The smallest absolute Gasteiger partial charge is 0.322 e. The number of para-hydroxylation sites is 1. The van der Waals surface area contributed by atoms with Gasteiger partial charge in [-0.25, -0.2) is 9.48 Å². The summed E-state index contributed by atoms with van der Waals surface area (Å²) in [6, 6.07) is 27.8. The topological polar surface area (TPSA) is 64.3 Å². The third-order valence-electron chi connectivity index (χ3n) is 7.60. The molecule has 1 N–H and O–H groups in total. The van der Waals surface area contributed by atoms with Crippen LogP contribution >= 0.6 is 0 Å². The number of hydrogen-bond acceptors (Lipinski definition) is 3. The molecular formula is C33H33N5O2. The van der Waals surface area contributed by atoms with E-state index in [0.717, 1.165) is 63.0 Å². The molecule has 0 spiro atoms. The minimum Gasteiger partial charge on any atom is -0.497 e. The lowest BCUT2D eigenvalue weighted by molar-refractivity contribution is 0.194. The molecule has 0 aliphatic carbocycles. The van der Waals surface area contributed by atoms with Crippen LogP contribution in [0, 0.1) is 13.8 Å². The summed E-state index contributed by atoms with van der Waals surface area (Å²) < 4.78 is 9.77. The van der Waals surface area contributed by atoms with Crippen LogP contribution in [0.25, 0.3) is 11.5 Å². The average molecular weight is 532 g/mol. The number of carbonyl (C=O) groups is 1. The summed E-state index contributed by atoms with van der Waals surface area (Å²) in [6.45, 7) is 6.58. The molecule has 2 aromatic heterocycles. The molecule has 2 amide bonds. The van der Waals surface area contributed by atoms with Gasteiger partial charge in [0, 0.05) is 17.4 Å². The van der Waals surface area contributed by atoms with Gasteiger partial charge in [0.1, 0.15) is 11.6 Å². The number of aromatic nitrogens is 3. The van der Waals surface area contributed by atoms with E-state index >= 15 is 0 Å². The molecule has 0 radical (unpaired) electrons. The normalized spacial score (nSPS) is 14.3. The van der Waals surface area contributed by atoms with Gasteiger partial charge in [-0.15, -0.1) is 0 Å². The van der Waals surface area contributed by atoms with E-state index < -0.39 is 0 Å². The lowest BCUT2D eigenvalue weighted by Crippen LogP contribution is -2.38. The average Bonchev–Trinajstić information content (AvgIpc) is 3.56. The highest BCUT2D eigenvalue weighted by molar-refractivity contribution is 5.91. The van der Waals surface area contributed by atoms with E-state index in [4.69, 9.17) is 9.84 Å². The second kappa shape index (κ2) is 10.4. The summed E-state index contributed by atoms with van der Waals surface area (Å²) in [7, 11) is 1.66. The van der Waals surface area contributed by atoms with Crippen molar-refractivity contribution in [3.05, 3.63) is 125 Å². The Morgan fingerprint density at radius 1 is 1.00 bits per heavy atom. The van der Waals surface area contributed by atoms with Crippen molar-refractivity contribution in [3.8, 4) is 17.3 Å². The molecule has 0 fully saturated rings. The van der Waals surface area contributed by atoms with Gasteiger partial charge >= 0.3 is 6.03 Å². The van der Waals surface area contributed by atoms with Crippen molar-refractivity contribution in [2.45, 2.75) is 39.8 Å². The number of aryl methyl sites for hydroxylation is 3. The van der Waals surface area contributed by atoms with Gasteiger partial charge in [0.25, 0.3) is 0 Å². The summed E-state index contributed by atoms with van der Waals surface area (Å²) in [6.07, 6.45) is 2.81. The zero-order valence-electron chi connectivity index (χ0n) is 23.3. The number of nitrogens with one attached hydrogen (secondary N) is 1. The summed E-state index contributed by atoms with van der Waals surface area (Å²) in [4.78, 5) is 16.2. The van der Waals surface area contributed by atoms with E-state index in [9.17, 15) is 4.79 Å². The number of benzene rings is 3. The third-order valence-corrected chi connectivity index (χ3v) is 7.60. The largest absolute Gasteiger partial charge is 0.497 e. The fourth-order valence-electron chi connectivity index (χ4n) is 5.65. The Bertz CT molecular complexity index is 1680. The number of amides is 2. The molecule has 0 unspecified atom stereocenters. The monoisotopic (exact) mass is 531 g/mol. The van der Waals surface area contributed by atoms with E-state index in [2.05, 4.69) is 60.3 Å². The number of hydrogen-bond donors (Lipinski definition) is 1. The minimum atomic E-state index is -0.364. The SMILES string of the molecule is CCc1nn(-c2ccccc2)c2c1CN(C(=O)Nc1ccc(C)cc1C)[C@@H](c1cccc(OC)c1)c1cccn1-2. The Labute approximate surface area is 234 Å². The van der Waals surface area contributed by atoms with E-state index in [0.29, 0.717) is 6.54 Å². The maximum absolute atomic E-state index is 14.3. The van der Waals surface area contributed by atoms with Crippen molar-refractivity contribution < 1.29 is 9.53 Å². The number of ether oxygens (including phenoxy) is 1. The fraction of sp³-hybridized carbons (Fsp3) is 0.212. The zero-order valence-corrected chi connectivity index (χ0v) is 23.3. The zero-order chi connectivity index (χ0) is 27.8. The van der Waals surface area contributed by atoms with Crippen LogP contribution in [0.1, 0.15) is 46.6 Å². The Balaban J connectivity index is 1.55. The highest BCUT2D eigenvalue weighted by Crippen LogP contribution is 2.39. The van der Waals surface area contributed by atoms with E-state index in [1.54, 1.807) is 7.11 Å². The van der Waals surface area contributed by atoms with Crippen LogP contribution in [0.4, 0.5) is 10.5 Å². The number of anilines is 1. The van der Waals surface area contributed by atoms with E-state index in [-0.39, 0.29) is 12.1 Å². The molecule has 3 heterocycles. The Morgan fingerprint density at radius 2 is 1.82 bits per heavy atom. The molecule has 7 nitrogen and oxygen atoms in total. The van der Waals surface area contributed by atoms with E-state index in [1.165, 1.54) is 0 Å². The molecule has 0 saturated heterocycles. The predicted octanol–water partition coefficient (Wildman–Crippen LogP) is 6.99. The molecule has 6 rings (SSSR count). The number of carbonyl (C=O) groups excluding carboxylic acids is 1. The Hall–Kier alpha value is -4.78. The quantitative estimate of drug-likeness (QED) is 0.266. The second-order valence-electron chi connectivity index (χ2n) is 10.2. The highest BCUT2D eigenvalue weighted by atomic mass is 16.5. The number of urea groups is 1. The van der Waals surface area contributed by atoms with Crippen molar-refractivity contribution in [1.29, 1.82) is 0 Å². The summed E-state index contributed by atoms with van der Waals surface area (Å²) >= 11 is 0. The maximum Gasteiger partial charge on any atom is 0.322 e. The maximum atomic E-state index is 14.3. The molecule has 1 aliphatic rings. The molecular weight excluding hydrogens is 498 g/mol. The number of rotatable bonds is 5. The molecule has 0 bridgehead atoms. The fourth-order valence-corrected chi connectivity index (χ4v) is 5.65. The minimum absolute atomic E-state index is 0.171. The predicted molar refractivity (Wildman–Crippen MR) is 158 cm³/mol. The van der Waals surface area contributed by atoms with Crippen molar-refractivity contribution in [3.63, 3.8) is 0 Å². The first-order valence-electron chi connectivity index (χ1n) is 13.6. The van der Waals surface area contributed by atoms with Gasteiger partial charge in [0.15, 0.2) is 0 Å². The van der Waals surface area contributed by atoms with Crippen LogP contribution < -0.4 is 10.1 Å². The molecule has 202 valence electrons. The van der Waals surface area contributed by atoms with Crippen LogP contribution in [-0.2, 0) is 13.0 Å². The van der Waals surface area contributed by atoms with Crippen molar-refractivity contribution in [1.82, 2.24) is 19.2 Å². The van der Waals surface area contributed by atoms with Gasteiger partial charge in [-0.3, -0.25) is 0 Å². The highest BCUT2D eigenvalue weighted by Gasteiger charge is 2.36. The van der Waals surface area contributed by atoms with Crippen LogP contribution in [0.2, 0.25) is 0 Å². The first-order chi connectivity index (χ1) is 19.5. The van der Waals surface area contributed by atoms with E-state index in [1.807, 2.05) is 71.1 Å². The van der Waals surface area contributed by atoms with Gasteiger partial charge in [0.05, 0.1) is 36.8 Å². The van der Waals surface area contributed by atoms with Gasteiger partial charge in [-0.1, -0.05) is 55.0 Å². The lowest BCUT2D eigenvalue weighted by Gasteiger charge is -2.31. The van der Waals surface area contributed by atoms with Gasteiger partial charge < -0.3 is 19.5 Å². The molecule has 1 atom stereocenters. The van der Waals surface area contributed by atoms with Gasteiger partial charge in [-0.05, 0) is 73.9 Å². The number of methoxy groups -OCH3 is 1. The summed E-state index contributed by atoms with van der Waals surface area (Å²) in [5.41, 5.74) is 7.90. The van der Waals surface area contributed by atoms with Crippen LogP contribution in [0.15, 0.2) is 91.1 Å². The number of fused-ring (bicyclic) bond motifs is 3. The second-order valence-corrected chi connectivity index (χ2v) is 10.2. The first kappa shape index (κ1) is 25.5. The summed E-state index contributed by atoms with van der Waals surface area (Å²) in [5, 5.41) is 8.26. The van der Waals surface area contributed by atoms with Crippen LogP contribution in [-0.4, -0.2) is 32.4 Å².